The van der Waals surface area contributed by atoms with E-state index in [1.165, 1.54) is 0 Å². The van der Waals surface area contributed by atoms with Crippen LogP contribution in [0.15, 0.2) is 54.6 Å². The molecule has 3 aromatic carbocycles. The van der Waals surface area contributed by atoms with Crippen LogP contribution in [0.2, 0.25) is 0 Å². The maximum Gasteiger partial charge on any atom is 0.131 e. The zero-order chi connectivity index (χ0) is 13.4. The van der Waals surface area contributed by atoms with E-state index in [4.69, 9.17) is 5.73 Å². The fourth-order valence-corrected chi connectivity index (χ4v) is 2.29. The molecule has 94 valence electrons. The smallest absolute Gasteiger partial charge is 0.131 e. The lowest BCUT2D eigenvalue weighted by atomic mass is 10.00. The van der Waals surface area contributed by atoms with Crippen molar-refractivity contribution in [2.75, 3.05) is 5.73 Å². The van der Waals surface area contributed by atoms with Crippen LogP contribution in [0.1, 0.15) is 5.56 Å². The number of halogens is 1. The van der Waals surface area contributed by atoms with Gasteiger partial charge in [-0.25, -0.2) is 4.39 Å². The van der Waals surface area contributed by atoms with E-state index >= 15 is 0 Å². The van der Waals surface area contributed by atoms with E-state index in [1.54, 1.807) is 6.07 Å². The molecule has 0 aromatic heterocycles. The summed E-state index contributed by atoms with van der Waals surface area (Å²) in [6.07, 6.45) is 0. The number of nitrogen functional groups attached to an aromatic ring is 1. The van der Waals surface area contributed by atoms with Gasteiger partial charge in [-0.05, 0) is 53.1 Å². The molecular weight excluding hydrogens is 237 g/mol. The zero-order valence-electron chi connectivity index (χ0n) is 10.7. The van der Waals surface area contributed by atoms with Crippen molar-refractivity contribution in [2.24, 2.45) is 0 Å². The average Bonchev–Trinajstić information content (AvgIpc) is 2.38. The van der Waals surface area contributed by atoms with Crippen molar-refractivity contribution in [3.8, 4) is 11.1 Å². The molecule has 0 aliphatic heterocycles. The molecule has 0 amide bonds. The normalized spacial score (nSPS) is 10.8. The second-order valence-electron chi connectivity index (χ2n) is 4.80. The molecule has 0 spiro atoms. The molecule has 0 bridgehead atoms. The molecule has 3 aromatic rings. The molecule has 0 atom stereocenters. The highest BCUT2D eigenvalue weighted by atomic mass is 19.1. The summed E-state index contributed by atoms with van der Waals surface area (Å²) in [5.74, 6) is -0.185. The molecule has 0 aliphatic carbocycles. The van der Waals surface area contributed by atoms with Gasteiger partial charge in [0, 0.05) is 11.3 Å². The Bertz CT molecular complexity index is 762. The Balaban J connectivity index is 2.17. The van der Waals surface area contributed by atoms with Crippen LogP contribution in [0.25, 0.3) is 21.9 Å². The van der Waals surface area contributed by atoms with Crippen molar-refractivity contribution in [2.45, 2.75) is 6.92 Å². The first kappa shape index (κ1) is 11.7. The lowest BCUT2D eigenvalue weighted by Crippen LogP contribution is -1.87. The minimum absolute atomic E-state index is 0.185. The van der Waals surface area contributed by atoms with Crippen LogP contribution in [0.5, 0.6) is 0 Å². The highest BCUT2D eigenvalue weighted by molar-refractivity contribution is 5.89. The predicted octanol–water partition coefficient (Wildman–Crippen LogP) is 4.54. The van der Waals surface area contributed by atoms with Gasteiger partial charge in [-0.15, -0.1) is 0 Å². The summed E-state index contributed by atoms with van der Waals surface area (Å²) in [4.78, 5) is 0. The largest absolute Gasteiger partial charge is 0.399 e. The standard InChI is InChI=1S/C17H14FN/c1-11-2-7-16(17(18)8-11)14-4-3-13-10-15(19)6-5-12(13)9-14/h2-10H,19H2,1H3. The van der Waals surface area contributed by atoms with Crippen LogP contribution in [-0.2, 0) is 0 Å². The highest BCUT2D eigenvalue weighted by Crippen LogP contribution is 2.28. The second kappa shape index (κ2) is 4.39. The van der Waals surface area contributed by atoms with Crippen LogP contribution < -0.4 is 5.73 Å². The molecule has 1 nitrogen and oxygen atoms in total. The quantitative estimate of drug-likeness (QED) is 0.631. The van der Waals surface area contributed by atoms with Crippen molar-refractivity contribution >= 4 is 16.5 Å². The minimum atomic E-state index is -0.185. The molecule has 0 radical (unpaired) electrons. The van der Waals surface area contributed by atoms with Crippen LogP contribution in [0.3, 0.4) is 0 Å². The van der Waals surface area contributed by atoms with Gasteiger partial charge in [-0.2, -0.15) is 0 Å². The summed E-state index contributed by atoms with van der Waals surface area (Å²) < 4.78 is 14.0. The maximum absolute atomic E-state index is 14.0. The zero-order valence-corrected chi connectivity index (χ0v) is 10.7. The van der Waals surface area contributed by atoms with E-state index in [0.29, 0.717) is 5.56 Å². The van der Waals surface area contributed by atoms with E-state index in [9.17, 15) is 4.39 Å². The summed E-state index contributed by atoms with van der Waals surface area (Å²) in [5, 5.41) is 2.13. The first-order valence-corrected chi connectivity index (χ1v) is 6.19. The fourth-order valence-electron chi connectivity index (χ4n) is 2.29. The fraction of sp³-hybridized carbons (Fsp3) is 0.0588. The van der Waals surface area contributed by atoms with Gasteiger partial charge in [-0.3, -0.25) is 0 Å². The number of fused-ring (bicyclic) bond motifs is 1. The van der Waals surface area contributed by atoms with E-state index < -0.39 is 0 Å². The van der Waals surface area contributed by atoms with Crippen molar-refractivity contribution in [1.82, 2.24) is 0 Å². The van der Waals surface area contributed by atoms with Gasteiger partial charge in [0.1, 0.15) is 5.82 Å². The van der Waals surface area contributed by atoms with Crippen LogP contribution in [-0.4, -0.2) is 0 Å². The molecule has 2 N–H and O–H groups in total. The maximum atomic E-state index is 14.0. The number of benzene rings is 3. The predicted molar refractivity (Wildman–Crippen MR) is 78.5 cm³/mol. The number of nitrogens with two attached hydrogens (primary N) is 1. The monoisotopic (exact) mass is 251 g/mol. The Morgan fingerprint density at radius 2 is 1.58 bits per heavy atom. The van der Waals surface area contributed by atoms with E-state index in [-0.39, 0.29) is 5.82 Å². The average molecular weight is 251 g/mol. The van der Waals surface area contributed by atoms with E-state index in [2.05, 4.69) is 0 Å². The molecule has 0 aliphatic rings. The first-order valence-electron chi connectivity index (χ1n) is 6.19. The van der Waals surface area contributed by atoms with Gasteiger partial charge in [0.25, 0.3) is 0 Å². The molecule has 2 heteroatoms. The van der Waals surface area contributed by atoms with E-state index in [1.807, 2.05) is 55.5 Å². The van der Waals surface area contributed by atoms with Gasteiger partial charge in [0.2, 0.25) is 0 Å². The lowest BCUT2D eigenvalue weighted by Gasteiger charge is -2.07. The summed E-state index contributed by atoms with van der Waals surface area (Å²) in [6.45, 7) is 1.88. The molecule has 0 saturated carbocycles. The van der Waals surface area contributed by atoms with Crippen molar-refractivity contribution < 1.29 is 4.39 Å². The molecule has 3 rings (SSSR count). The highest BCUT2D eigenvalue weighted by Gasteiger charge is 2.06. The molecule has 0 saturated heterocycles. The van der Waals surface area contributed by atoms with E-state index in [0.717, 1.165) is 27.6 Å². The summed E-state index contributed by atoms with van der Waals surface area (Å²) in [6, 6.07) is 16.9. The molecule has 0 fully saturated rings. The molecule has 19 heavy (non-hydrogen) atoms. The molecular formula is C17H14FN. The Hall–Kier alpha value is -2.35. The third-order valence-electron chi connectivity index (χ3n) is 3.30. The lowest BCUT2D eigenvalue weighted by molar-refractivity contribution is 0.630. The second-order valence-corrected chi connectivity index (χ2v) is 4.80. The Morgan fingerprint density at radius 3 is 2.37 bits per heavy atom. The third-order valence-corrected chi connectivity index (χ3v) is 3.30. The summed E-state index contributed by atoms with van der Waals surface area (Å²) >= 11 is 0. The molecule has 0 unspecified atom stereocenters. The van der Waals surface area contributed by atoms with Crippen LogP contribution >= 0.6 is 0 Å². The van der Waals surface area contributed by atoms with Gasteiger partial charge >= 0.3 is 0 Å². The molecule has 0 heterocycles. The van der Waals surface area contributed by atoms with Gasteiger partial charge < -0.3 is 5.73 Å². The SMILES string of the molecule is Cc1ccc(-c2ccc3cc(N)ccc3c2)c(F)c1. The van der Waals surface area contributed by atoms with Crippen molar-refractivity contribution in [3.63, 3.8) is 0 Å². The summed E-state index contributed by atoms with van der Waals surface area (Å²) in [7, 11) is 0. The number of hydrogen-bond donors (Lipinski definition) is 1. The van der Waals surface area contributed by atoms with Gasteiger partial charge in [-0.1, -0.05) is 30.3 Å². The van der Waals surface area contributed by atoms with Gasteiger partial charge in [0.15, 0.2) is 0 Å². The number of aryl methyl sites for hydroxylation is 1. The Kier molecular flexibility index (Phi) is 2.71. The van der Waals surface area contributed by atoms with Crippen LogP contribution in [0, 0.1) is 12.7 Å². The van der Waals surface area contributed by atoms with Crippen molar-refractivity contribution in [1.29, 1.82) is 0 Å². The third kappa shape index (κ3) is 2.17. The Morgan fingerprint density at radius 1 is 0.842 bits per heavy atom. The first-order chi connectivity index (χ1) is 9.13. The summed E-state index contributed by atoms with van der Waals surface area (Å²) in [5.41, 5.74) is 8.93. The topological polar surface area (TPSA) is 26.0 Å². The minimum Gasteiger partial charge on any atom is -0.399 e. The Labute approximate surface area is 111 Å². The van der Waals surface area contributed by atoms with Crippen LogP contribution in [0.4, 0.5) is 10.1 Å². The van der Waals surface area contributed by atoms with Gasteiger partial charge in [0.05, 0.1) is 0 Å². The number of rotatable bonds is 1. The number of hydrogen-bond acceptors (Lipinski definition) is 1. The number of anilines is 1. The van der Waals surface area contributed by atoms with Crippen molar-refractivity contribution in [3.05, 3.63) is 66.0 Å².